The van der Waals surface area contributed by atoms with Crippen molar-refractivity contribution < 1.29 is 19.4 Å². The number of carboxylic acid groups (broad SMARTS) is 1. The van der Waals surface area contributed by atoms with Gasteiger partial charge in [0.15, 0.2) is 0 Å². The molecular weight excluding hydrogens is 258 g/mol. The summed E-state index contributed by atoms with van der Waals surface area (Å²) in [5.74, 6) is -0.771. The Morgan fingerprint density at radius 2 is 1.80 bits per heavy atom. The number of morpholine rings is 1. The minimum atomic E-state index is -0.720. The molecule has 0 radical (unpaired) electrons. The largest absolute Gasteiger partial charge is 0.481 e. The molecule has 1 aliphatic heterocycles. The van der Waals surface area contributed by atoms with Crippen LogP contribution < -0.4 is 0 Å². The molecule has 1 amide bonds. The van der Waals surface area contributed by atoms with Crippen molar-refractivity contribution in [2.75, 3.05) is 13.2 Å². The Bertz CT molecular complexity index is 363. The van der Waals surface area contributed by atoms with Gasteiger partial charge in [0.2, 0.25) is 5.91 Å². The monoisotopic (exact) mass is 283 g/mol. The van der Waals surface area contributed by atoms with Gasteiger partial charge in [0.05, 0.1) is 24.7 Å². The number of carboxylic acids is 1. The van der Waals surface area contributed by atoms with Crippen molar-refractivity contribution in [1.29, 1.82) is 0 Å². The van der Waals surface area contributed by atoms with Crippen molar-refractivity contribution in [3.63, 3.8) is 0 Å². The van der Waals surface area contributed by atoms with Crippen molar-refractivity contribution in [2.45, 2.75) is 58.1 Å². The van der Waals surface area contributed by atoms with Crippen LogP contribution in [0.5, 0.6) is 0 Å². The summed E-state index contributed by atoms with van der Waals surface area (Å²) >= 11 is 0. The highest BCUT2D eigenvalue weighted by molar-refractivity contribution is 5.80. The van der Waals surface area contributed by atoms with Gasteiger partial charge in [-0.05, 0) is 39.0 Å². The van der Waals surface area contributed by atoms with Gasteiger partial charge in [-0.2, -0.15) is 0 Å². The molecular formula is C15H25NO4. The third-order valence-electron chi connectivity index (χ3n) is 4.65. The Hall–Kier alpha value is -1.10. The number of carbonyl (C=O) groups is 2. The van der Waals surface area contributed by atoms with E-state index < -0.39 is 5.97 Å². The van der Waals surface area contributed by atoms with E-state index in [0.717, 1.165) is 6.42 Å². The molecule has 2 aliphatic rings. The molecule has 5 nitrogen and oxygen atoms in total. The van der Waals surface area contributed by atoms with Crippen LogP contribution in [0.3, 0.4) is 0 Å². The summed E-state index contributed by atoms with van der Waals surface area (Å²) in [5.41, 5.74) is 0. The number of hydrogen-bond acceptors (Lipinski definition) is 3. The Morgan fingerprint density at radius 1 is 1.20 bits per heavy atom. The van der Waals surface area contributed by atoms with Gasteiger partial charge < -0.3 is 14.7 Å². The highest BCUT2D eigenvalue weighted by Crippen LogP contribution is 2.31. The summed E-state index contributed by atoms with van der Waals surface area (Å²) in [6.45, 7) is 5.35. The van der Waals surface area contributed by atoms with Crippen molar-refractivity contribution in [3.8, 4) is 0 Å². The number of ether oxygens (including phenoxy) is 1. The average molecular weight is 283 g/mol. The molecule has 5 heteroatoms. The first kappa shape index (κ1) is 15.3. The maximum absolute atomic E-state index is 12.7. The van der Waals surface area contributed by atoms with E-state index in [-0.39, 0.29) is 29.9 Å². The van der Waals surface area contributed by atoms with E-state index >= 15 is 0 Å². The summed E-state index contributed by atoms with van der Waals surface area (Å²) in [6, 6.07) is 0.177. The standard InChI is InChI=1S/C15H25NO4/c1-3-13-9-20-10(2)8-16(13)14(17)11-4-6-12(7-5-11)15(18)19/h10-13H,3-9H2,1-2H3,(H,18,19). The van der Waals surface area contributed by atoms with Gasteiger partial charge >= 0.3 is 5.97 Å². The molecule has 0 aromatic heterocycles. The molecule has 0 spiro atoms. The quantitative estimate of drug-likeness (QED) is 0.859. The molecule has 2 atom stereocenters. The van der Waals surface area contributed by atoms with Crippen LogP contribution in [0, 0.1) is 11.8 Å². The molecule has 1 heterocycles. The van der Waals surface area contributed by atoms with Crippen molar-refractivity contribution in [2.24, 2.45) is 11.8 Å². The fraction of sp³-hybridized carbons (Fsp3) is 0.867. The van der Waals surface area contributed by atoms with Gasteiger partial charge in [-0.3, -0.25) is 9.59 Å². The maximum atomic E-state index is 12.7. The first-order valence-corrected chi connectivity index (χ1v) is 7.67. The van der Waals surface area contributed by atoms with Crippen LogP contribution in [0.2, 0.25) is 0 Å². The van der Waals surface area contributed by atoms with E-state index in [4.69, 9.17) is 9.84 Å². The van der Waals surface area contributed by atoms with Gasteiger partial charge in [0, 0.05) is 12.5 Å². The van der Waals surface area contributed by atoms with Crippen LogP contribution in [0.1, 0.15) is 46.0 Å². The summed E-state index contributed by atoms with van der Waals surface area (Å²) in [6.07, 6.45) is 3.67. The predicted molar refractivity (Wildman–Crippen MR) is 74.3 cm³/mol. The molecule has 2 fully saturated rings. The Kier molecular flexibility index (Phi) is 5.02. The minimum absolute atomic E-state index is 0.00458. The zero-order valence-electron chi connectivity index (χ0n) is 12.4. The Morgan fingerprint density at radius 3 is 2.35 bits per heavy atom. The SMILES string of the molecule is CCC1COC(C)CN1C(=O)C1CCC(C(=O)O)CC1. The normalized spacial score (nSPS) is 34.8. The molecule has 1 saturated heterocycles. The number of hydrogen-bond donors (Lipinski definition) is 1. The highest BCUT2D eigenvalue weighted by Gasteiger charge is 2.36. The van der Waals surface area contributed by atoms with Gasteiger partial charge in [0.25, 0.3) is 0 Å². The molecule has 114 valence electrons. The van der Waals surface area contributed by atoms with Crippen LogP contribution in [0.15, 0.2) is 0 Å². The maximum Gasteiger partial charge on any atom is 0.306 e. The topological polar surface area (TPSA) is 66.8 Å². The zero-order valence-corrected chi connectivity index (χ0v) is 12.4. The van der Waals surface area contributed by atoms with Gasteiger partial charge in [-0.1, -0.05) is 6.92 Å². The van der Waals surface area contributed by atoms with Gasteiger partial charge in [0.1, 0.15) is 0 Å². The Labute approximate surface area is 120 Å². The molecule has 0 aromatic carbocycles. The molecule has 0 bridgehead atoms. The fourth-order valence-corrected chi connectivity index (χ4v) is 3.27. The van der Waals surface area contributed by atoms with E-state index in [1.165, 1.54) is 0 Å². The van der Waals surface area contributed by atoms with Gasteiger partial charge in [-0.25, -0.2) is 0 Å². The van der Waals surface area contributed by atoms with Crippen LogP contribution in [0.25, 0.3) is 0 Å². The zero-order chi connectivity index (χ0) is 14.7. The second-order valence-corrected chi connectivity index (χ2v) is 6.08. The minimum Gasteiger partial charge on any atom is -0.481 e. The first-order valence-electron chi connectivity index (χ1n) is 7.67. The molecule has 1 saturated carbocycles. The third kappa shape index (κ3) is 3.32. The number of aliphatic carboxylic acids is 1. The molecule has 2 unspecified atom stereocenters. The molecule has 2 rings (SSSR count). The number of rotatable bonds is 3. The van der Waals surface area contributed by atoms with E-state index in [2.05, 4.69) is 6.92 Å². The lowest BCUT2D eigenvalue weighted by molar-refractivity contribution is -0.152. The van der Waals surface area contributed by atoms with E-state index in [9.17, 15) is 9.59 Å². The lowest BCUT2D eigenvalue weighted by Crippen LogP contribution is -2.53. The van der Waals surface area contributed by atoms with Crippen molar-refractivity contribution in [3.05, 3.63) is 0 Å². The van der Waals surface area contributed by atoms with Gasteiger partial charge in [-0.15, -0.1) is 0 Å². The second-order valence-electron chi connectivity index (χ2n) is 6.08. The number of amides is 1. The Balaban J connectivity index is 1.95. The lowest BCUT2D eigenvalue weighted by atomic mass is 9.81. The molecule has 0 aromatic rings. The fourth-order valence-electron chi connectivity index (χ4n) is 3.27. The van der Waals surface area contributed by atoms with Crippen molar-refractivity contribution >= 4 is 11.9 Å². The predicted octanol–water partition coefficient (Wildman–Crippen LogP) is 1.90. The smallest absolute Gasteiger partial charge is 0.306 e. The van der Waals surface area contributed by atoms with Crippen LogP contribution in [-0.2, 0) is 14.3 Å². The third-order valence-corrected chi connectivity index (χ3v) is 4.65. The number of carbonyl (C=O) groups excluding carboxylic acids is 1. The summed E-state index contributed by atoms with van der Waals surface area (Å²) in [7, 11) is 0. The summed E-state index contributed by atoms with van der Waals surface area (Å²) in [4.78, 5) is 25.6. The first-order chi connectivity index (χ1) is 9.52. The second kappa shape index (κ2) is 6.57. The van der Waals surface area contributed by atoms with Crippen LogP contribution in [-0.4, -0.2) is 47.2 Å². The van der Waals surface area contributed by atoms with Crippen molar-refractivity contribution in [1.82, 2.24) is 4.90 Å². The summed E-state index contributed by atoms with van der Waals surface area (Å²) < 4.78 is 5.63. The molecule has 20 heavy (non-hydrogen) atoms. The van der Waals surface area contributed by atoms with E-state index in [0.29, 0.717) is 38.8 Å². The average Bonchev–Trinajstić information content (AvgIpc) is 2.46. The van der Waals surface area contributed by atoms with Crippen LogP contribution in [0.4, 0.5) is 0 Å². The number of nitrogens with zero attached hydrogens (tertiary/aromatic N) is 1. The molecule has 1 N–H and O–H groups in total. The highest BCUT2D eigenvalue weighted by atomic mass is 16.5. The molecule has 1 aliphatic carbocycles. The van der Waals surface area contributed by atoms with Crippen LogP contribution >= 0.6 is 0 Å². The van der Waals surface area contributed by atoms with E-state index in [1.807, 2.05) is 11.8 Å². The van der Waals surface area contributed by atoms with E-state index in [1.54, 1.807) is 0 Å². The lowest BCUT2D eigenvalue weighted by Gasteiger charge is -2.41. The summed E-state index contributed by atoms with van der Waals surface area (Å²) in [5, 5.41) is 9.01.